The molecule has 0 spiro atoms. The van der Waals surface area contributed by atoms with E-state index in [1.807, 2.05) is 4.90 Å². The van der Waals surface area contributed by atoms with Crippen LogP contribution in [0.4, 0.5) is 9.18 Å². The van der Waals surface area contributed by atoms with Crippen molar-refractivity contribution in [2.24, 2.45) is 0 Å². The number of carboxylic acid groups (broad SMARTS) is 1. The van der Waals surface area contributed by atoms with Gasteiger partial charge in [-0.05, 0) is 43.0 Å². The maximum absolute atomic E-state index is 12.7. The Kier molecular flexibility index (Phi) is 4.69. The number of carbonyl (C=O) groups is 2. The molecule has 1 aromatic rings. The number of fused-ring (bicyclic) bond motifs is 1. The normalized spacial score (nSPS) is 17.5. The Labute approximate surface area is 138 Å². The summed E-state index contributed by atoms with van der Waals surface area (Å²) in [4.78, 5) is 24.8. The minimum Gasteiger partial charge on any atom is -0.489 e. The lowest BCUT2D eigenvalue weighted by atomic mass is 9.98. The Morgan fingerprint density at radius 2 is 2.25 bits per heavy atom. The van der Waals surface area contributed by atoms with Crippen LogP contribution in [0.25, 0.3) is 0 Å². The van der Waals surface area contributed by atoms with Crippen molar-refractivity contribution in [2.45, 2.75) is 25.3 Å². The number of halogens is 1. The molecule has 1 fully saturated rings. The van der Waals surface area contributed by atoms with Gasteiger partial charge < -0.3 is 20.1 Å². The van der Waals surface area contributed by atoms with Crippen molar-refractivity contribution in [1.29, 1.82) is 0 Å². The monoisotopic (exact) mass is 334 g/mol. The van der Waals surface area contributed by atoms with Gasteiger partial charge in [0.2, 0.25) is 0 Å². The van der Waals surface area contributed by atoms with Gasteiger partial charge in [-0.15, -0.1) is 0 Å². The van der Waals surface area contributed by atoms with E-state index in [1.54, 1.807) is 18.2 Å². The maximum atomic E-state index is 12.7. The number of amides is 2. The molecular weight excluding hydrogens is 315 g/mol. The molecule has 1 aliphatic carbocycles. The van der Waals surface area contributed by atoms with E-state index in [1.165, 1.54) is 0 Å². The summed E-state index contributed by atoms with van der Waals surface area (Å²) in [6.45, 7) is 0.529. The summed E-state index contributed by atoms with van der Waals surface area (Å²) in [7, 11) is 0. The first kappa shape index (κ1) is 16.3. The number of ether oxygens (including phenoxy) is 1. The molecule has 3 rings (SSSR count). The third-order valence-electron chi connectivity index (χ3n) is 4.22. The first-order chi connectivity index (χ1) is 11.6. The molecule has 1 saturated carbocycles. The topological polar surface area (TPSA) is 78.9 Å². The molecule has 2 amide bonds. The zero-order valence-electron chi connectivity index (χ0n) is 13.1. The molecule has 1 heterocycles. The Morgan fingerprint density at radius 3 is 2.92 bits per heavy atom. The first-order valence-corrected chi connectivity index (χ1v) is 7.90. The molecule has 0 aromatic heterocycles. The number of nitrogens with zero attached hydrogens (tertiary/aromatic N) is 1. The Morgan fingerprint density at radius 1 is 1.46 bits per heavy atom. The van der Waals surface area contributed by atoms with Gasteiger partial charge in [-0.2, -0.15) is 0 Å². The van der Waals surface area contributed by atoms with Gasteiger partial charge in [-0.3, -0.25) is 4.79 Å². The van der Waals surface area contributed by atoms with Gasteiger partial charge in [-0.1, -0.05) is 0 Å². The lowest BCUT2D eigenvalue weighted by Crippen LogP contribution is -2.39. The van der Waals surface area contributed by atoms with Crippen LogP contribution in [0.5, 0.6) is 5.75 Å². The van der Waals surface area contributed by atoms with Crippen molar-refractivity contribution in [3.63, 3.8) is 0 Å². The number of benzene rings is 1. The highest BCUT2D eigenvalue weighted by atomic mass is 19.1. The number of nitrogens with one attached hydrogen (secondary N) is 1. The third-order valence-corrected chi connectivity index (χ3v) is 4.22. The summed E-state index contributed by atoms with van der Waals surface area (Å²) in [5, 5.41) is 10.6. The second kappa shape index (κ2) is 6.90. The van der Waals surface area contributed by atoms with Gasteiger partial charge in [-0.25, -0.2) is 9.18 Å². The van der Waals surface area contributed by atoms with Crippen molar-refractivity contribution in [3.05, 3.63) is 41.2 Å². The lowest BCUT2D eigenvalue weighted by Gasteiger charge is -2.28. The largest absolute Gasteiger partial charge is 0.489 e. The summed E-state index contributed by atoms with van der Waals surface area (Å²) in [6.07, 6.45) is 2.07. The minimum atomic E-state index is -1.22. The predicted molar refractivity (Wildman–Crippen MR) is 84.9 cm³/mol. The van der Waals surface area contributed by atoms with Crippen LogP contribution in [-0.2, 0) is 6.42 Å². The fourth-order valence-corrected chi connectivity index (χ4v) is 2.79. The summed E-state index contributed by atoms with van der Waals surface area (Å²) >= 11 is 0. The molecule has 0 unspecified atom stereocenters. The summed E-state index contributed by atoms with van der Waals surface area (Å²) in [6, 6.07) is 5.64. The number of rotatable bonds is 6. The summed E-state index contributed by atoms with van der Waals surface area (Å²) in [5.41, 5.74) is 1.82. The van der Waals surface area contributed by atoms with Gasteiger partial charge >= 0.3 is 6.09 Å². The highest BCUT2D eigenvalue weighted by molar-refractivity contribution is 5.97. The molecule has 6 nitrogen and oxygen atoms in total. The molecular formula is C17H19FN2O4. The number of hydrogen-bond acceptors (Lipinski definition) is 3. The molecule has 0 bridgehead atoms. The Bertz CT molecular complexity index is 685. The zero-order valence-corrected chi connectivity index (χ0v) is 13.1. The minimum absolute atomic E-state index is 0.0578. The third kappa shape index (κ3) is 3.67. The van der Waals surface area contributed by atoms with Gasteiger partial charge in [0.25, 0.3) is 5.91 Å². The van der Waals surface area contributed by atoms with Gasteiger partial charge in [0.1, 0.15) is 12.4 Å². The predicted octanol–water partition coefficient (Wildman–Crippen LogP) is 2.35. The molecule has 1 aliphatic heterocycles. The smallest absolute Gasteiger partial charge is 0.404 e. The van der Waals surface area contributed by atoms with Gasteiger partial charge in [0.05, 0.1) is 6.33 Å². The molecule has 0 atom stereocenters. The van der Waals surface area contributed by atoms with Crippen molar-refractivity contribution in [2.75, 3.05) is 19.7 Å². The molecule has 24 heavy (non-hydrogen) atoms. The van der Waals surface area contributed by atoms with E-state index in [9.17, 15) is 14.0 Å². The molecule has 1 aromatic carbocycles. The highest BCUT2D eigenvalue weighted by Gasteiger charge is 2.35. The average Bonchev–Trinajstić information content (AvgIpc) is 3.40. The van der Waals surface area contributed by atoms with Crippen LogP contribution in [0.2, 0.25) is 0 Å². The molecule has 7 heteroatoms. The number of carbonyl (C=O) groups excluding carboxylic acids is 1. The second-order valence-corrected chi connectivity index (χ2v) is 6.01. The summed E-state index contributed by atoms with van der Waals surface area (Å²) in [5.74, 6) is 0.608. The molecule has 0 saturated heterocycles. The first-order valence-electron chi connectivity index (χ1n) is 7.90. The average molecular weight is 334 g/mol. The van der Waals surface area contributed by atoms with Crippen LogP contribution in [0, 0.1) is 0 Å². The van der Waals surface area contributed by atoms with Crippen molar-refractivity contribution < 1.29 is 23.8 Å². The quantitative estimate of drug-likeness (QED) is 0.837. The fraction of sp³-hybridized carbons (Fsp3) is 0.412. The van der Waals surface area contributed by atoms with Gasteiger partial charge in [0, 0.05) is 30.3 Å². The lowest BCUT2D eigenvalue weighted by molar-refractivity contribution is 0.0727. The van der Waals surface area contributed by atoms with E-state index in [4.69, 9.17) is 9.84 Å². The molecule has 128 valence electrons. The van der Waals surface area contributed by atoms with E-state index >= 15 is 0 Å². The molecule has 2 aliphatic rings. The van der Waals surface area contributed by atoms with Gasteiger partial charge in [0.15, 0.2) is 0 Å². The number of hydrogen-bond donors (Lipinski definition) is 2. The van der Waals surface area contributed by atoms with Crippen LogP contribution in [0.15, 0.2) is 30.1 Å². The van der Waals surface area contributed by atoms with E-state index in [2.05, 4.69) is 5.32 Å². The SMILES string of the molecule is O=C(O)NC/C(=C\F)COc1ccc2c(c1)CCN(C1CC1)C2=O. The zero-order chi connectivity index (χ0) is 17.1. The Hall–Kier alpha value is -2.57. The maximum Gasteiger partial charge on any atom is 0.404 e. The van der Waals surface area contributed by atoms with Crippen LogP contribution >= 0.6 is 0 Å². The fourth-order valence-electron chi connectivity index (χ4n) is 2.79. The van der Waals surface area contributed by atoms with Crippen molar-refractivity contribution in [1.82, 2.24) is 10.2 Å². The standard InChI is InChI=1S/C17H19FN2O4/c18-8-11(9-19-17(22)23)10-24-14-3-4-15-12(7-14)5-6-20(16(15)21)13-1-2-13/h3-4,7-8,13,19H,1-2,5-6,9-10H2,(H,22,23)/b11-8+. The molecule has 0 radical (unpaired) electrons. The van der Waals surface area contributed by atoms with Crippen LogP contribution in [0.1, 0.15) is 28.8 Å². The van der Waals surface area contributed by atoms with E-state index in [0.29, 0.717) is 23.7 Å². The highest BCUT2D eigenvalue weighted by Crippen LogP contribution is 2.32. The Balaban J connectivity index is 1.62. The van der Waals surface area contributed by atoms with Crippen LogP contribution in [-0.4, -0.2) is 47.7 Å². The van der Waals surface area contributed by atoms with E-state index in [0.717, 1.165) is 31.4 Å². The van der Waals surface area contributed by atoms with E-state index in [-0.39, 0.29) is 24.6 Å². The van der Waals surface area contributed by atoms with Crippen LogP contribution < -0.4 is 10.1 Å². The van der Waals surface area contributed by atoms with E-state index < -0.39 is 6.09 Å². The van der Waals surface area contributed by atoms with Crippen molar-refractivity contribution >= 4 is 12.0 Å². The molecule has 2 N–H and O–H groups in total. The second-order valence-electron chi connectivity index (χ2n) is 6.01. The van der Waals surface area contributed by atoms with Crippen LogP contribution in [0.3, 0.4) is 0 Å². The van der Waals surface area contributed by atoms with Crippen molar-refractivity contribution in [3.8, 4) is 5.75 Å². The summed E-state index contributed by atoms with van der Waals surface area (Å²) < 4.78 is 18.2.